The number of carbonyl (C=O) groups excluding carboxylic acids is 1. The third kappa shape index (κ3) is 4.00. The van der Waals surface area contributed by atoms with Crippen LogP contribution in [0.5, 0.6) is 0 Å². The van der Waals surface area contributed by atoms with Crippen LogP contribution in [-0.4, -0.2) is 16.1 Å². The molecule has 0 spiro atoms. The number of benzene rings is 2. The maximum atomic E-state index is 12.8. The first kappa shape index (κ1) is 19.2. The van der Waals surface area contributed by atoms with Gasteiger partial charge in [0, 0.05) is 27.5 Å². The van der Waals surface area contributed by atoms with Gasteiger partial charge in [-0.3, -0.25) is 10.2 Å². The number of amides is 1. The van der Waals surface area contributed by atoms with Gasteiger partial charge < -0.3 is 0 Å². The first-order valence-electron chi connectivity index (χ1n) is 8.27. The number of hydrogen-bond donors (Lipinski definition) is 1. The van der Waals surface area contributed by atoms with Crippen molar-refractivity contribution in [3.8, 4) is 0 Å². The minimum absolute atomic E-state index is 0.142. The average Bonchev–Trinajstić information content (AvgIpc) is 3.23. The number of anilines is 1. The van der Waals surface area contributed by atoms with Gasteiger partial charge in [-0.05, 0) is 47.2 Å². The van der Waals surface area contributed by atoms with Gasteiger partial charge in [0.05, 0.1) is 4.91 Å². The summed E-state index contributed by atoms with van der Waals surface area (Å²) in [5.74, 6) is -0.247. The van der Waals surface area contributed by atoms with Crippen molar-refractivity contribution >= 4 is 68.6 Å². The molecule has 1 fully saturated rings. The van der Waals surface area contributed by atoms with Crippen molar-refractivity contribution in [3.05, 3.63) is 85.7 Å². The highest BCUT2D eigenvalue weighted by molar-refractivity contribution is 8.19. The normalized spacial score (nSPS) is 15.6. The summed E-state index contributed by atoms with van der Waals surface area (Å²) in [6, 6.07) is 14.8. The number of aromatic nitrogens is 1. The fourth-order valence-electron chi connectivity index (χ4n) is 2.68. The SMILES string of the molecule is N=C1SC(=Cc2ccc(Cl)cc2)C(=O)N1c1ncc(Cc2ccccc2Cl)s1. The van der Waals surface area contributed by atoms with E-state index in [9.17, 15) is 4.79 Å². The number of hydrogen-bond acceptors (Lipinski definition) is 5. The lowest BCUT2D eigenvalue weighted by molar-refractivity contribution is -0.113. The van der Waals surface area contributed by atoms with Gasteiger partial charge in [0.2, 0.25) is 0 Å². The number of halogens is 2. The molecule has 140 valence electrons. The molecule has 0 saturated carbocycles. The summed E-state index contributed by atoms with van der Waals surface area (Å²) in [5, 5.41) is 10.2. The van der Waals surface area contributed by atoms with Crippen LogP contribution in [0, 0.1) is 5.41 Å². The summed E-state index contributed by atoms with van der Waals surface area (Å²) < 4.78 is 0. The number of rotatable bonds is 4. The predicted molar refractivity (Wildman–Crippen MR) is 119 cm³/mol. The van der Waals surface area contributed by atoms with E-state index in [4.69, 9.17) is 28.6 Å². The Morgan fingerprint density at radius 3 is 2.61 bits per heavy atom. The molecule has 0 unspecified atom stereocenters. The Bertz CT molecular complexity index is 1090. The van der Waals surface area contributed by atoms with Gasteiger partial charge in [0.15, 0.2) is 10.3 Å². The molecule has 1 saturated heterocycles. The van der Waals surface area contributed by atoms with E-state index < -0.39 is 0 Å². The summed E-state index contributed by atoms with van der Waals surface area (Å²) >= 11 is 14.6. The lowest BCUT2D eigenvalue weighted by Crippen LogP contribution is -2.27. The van der Waals surface area contributed by atoms with Crippen LogP contribution in [0.15, 0.2) is 59.6 Å². The zero-order chi connectivity index (χ0) is 19.7. The Kier molecular flexibility index (Phi) is 5.55. The molecule has 1 aromatic heterocycles. The van der Waals surface area contributed by atoms with Crippen molar-refractivity contribution in [2.75, 3.05) is 4.90 Å². The molecule has 8 heteroatoms. The Hall–Kier alpha value is -2.12. The van der Waals surface area contributed by atoms with Crippen LogP contribution in [0.4, 0.5) is 5.13 Å². The van der Waals surface area contributed by atoms with E-state index in [1.54, 1.807) is 24.4 Å². The summed E-state index contributed by atoms with van der Waals surface area (Å²) in [6.45, 7) is 0. The van der Waals surface area contributed by atoms with Gasteiger partial charge in [-0.15, -0.1) is 11.3 Å². The smallest absolute Gasteiger partial charge is 0.273 e. The van der Waals surface area contributed by atoms with Crippen LogP contribution in [0.3, 0.4) is 0 Å². The van der Waals surface area contributed by atoms with Crippen molar-refractivity contribution in [2.24, 2.45) is 0 Å². The second-order valence-electron chi connectivity index (χ2n) is 5.99. The van der Waals surface area contributed by atoms with Crippen LogP contribution in [-0.2, 0) is 11.2 Å². The molecule has 2 heterocycles. The monoisotopic (exact) mass is 445 g/mol. The average molecular weight is 446 g/mol. The van der Waals surface area contributed by atoms with Gasteiger partial charge >= 0.3 is 0 Å². The summed E-state index contributed by atoms with van der Waals surface area (Å²) in [7, 11) is 0. The largest absolute Gasteiger partial charge is 0.278 e. The minimum atomic E-state index is -0.247. The Balaban J connectivity index is 1.55. The highest BCUT2D eigenvalue weighted by atomic mass is 35.5. The van der Waals surface area contributed by atoms with Crippen molar-refractivity contribution in [3.63, 3.8) is 0 Å². The third-order valence-electron chi connectivity index (χ3n) is 4.05. The maximum Gasteiger partial charge on any atom is 0.273 e. The first-order chi connectivity index (χ1) is 13.5. The zero-order valence-electron chi connectivity index (χ0n) is 14.4. The summed E-state index contributed by atoms with van der Waals surface area (Å²) in [4.78, 5) is 20.0. The van der Waals surface area contributed by atoms with E-state index >= 15 is 0 Å². The Morgan fingerprint density at radius 2 is 1.86 bits per heavy atom. The van der Waals surface area contributed by atoms with Gasteiger partial charge in [-0.1, -0.05) is 53.5 Å². The van der Waals surface area contributed by atoms with E-state index in [-0.39, 0.29) is 11.1 Å². The minimum Gasteiger partial charge on any atom is -0.278 e. The summed E-state index contributed by atoms with van der Waals surface area (Å²) in [5.41, 5.74) is 1.85. The topological polar surface area (TPSA) is 57.1 Å². The van der Waals surface area contributed by atoms with E-state index in [0.29, 0.717) is 26.5 Å². The van der Waals surface area contributed by atoms with E-state index in [1.807, 2.05) is 36.4 Å². The van der Waals surface area contributed by atoms with E-state index in [1.165, 1.54) is 16.2 Å². The van der Waals surface area contributed by atoms with Crippen LogP contribution < -0.4 is 4.90 Å². The molecule has 1 N–H and O–H groups in total. The molecule has 4 rings (SSSR count). The number of nitrogens with one attached hydrogen (secondary N) is 1. The molecule has 1 aliphatic heterocycles. The second-order valence-corrected chi connectivity index (χ2v) is 8.95. The lowest BCUT2D eigenvalue weighted by Gasteiger charge is -2.09. The number of thiazole rings is 1. The van der Waals surface area contributed by atoms with Crippen molar-refractivity contribution in [2.45, 2.75) is 6.42 Å². The molecule has 0 atom stereocenters. The van der Waals surface area contributed by atoms with Crippen LogP contribution in [0.25, 0.3) is 6.08 Å². The van der Waals surface area contributed by atoms with Crippen LogP contribution in [0.2, 0.25) is 10.0 Å². The molecular formula is C20H13Cl2N3OS2. The number of thioether (sulfide) groups is 1. The highest BCUT2D eigenvalue weighted by Gasteiger charge is 2.35. The molecular weight excluding hydrogens is 433 g/mol. The standard InChI is InChI=1S/C20H13Cl2N3OS2/c21-14-7-5-12(6-8-14)9-17-18(26)25(19(23)28-17)20-24-11-15(27-20)10-13-3-1-2-4-16(13)22/h1-9,11,23H,10H2. The predicted octanol–water partition coefficient (Wildman–Crippen LogP) is 6.10. The van der Waals surface area contributed by atoms with Crippen LogP contribution in [0.1, 0.15) is 16.0 Å². The number of carbonyl (C=O) groups is 1. The van der Waals surface area contributed by atoms with Crippen molar-refractivity contribution in [1.82, 2.24) is 4.98 Å². The molecule has 0 aliphatic carbocycles. The number of amidine groups is 1. The highest BCUT2D eigenvalue weighted by Crippen LogP contribution is 2.37. The van der Waals surface area contributed by atoms with Gasteiger partial charge in [0.1, 0.15) is 0 Å². The lowest BCUT2D eigenvalue weighted by atomic mass is 10.1. The Morgan fingerprint density at radius 1 is 1.11 bits per heavy atom. The van der Waals surface area contributed by atoms with Crippen molar-refractivity contribution in [1.29, 1.82) is 5.41 Å². The molecule has 4 nitrogen and oxygen atoms in total. The Labute approximate surface area is 180 Å². The second kappa shape index (κ2) is 8.09. The third-order valence-corrected chi connectivity index (χ3v) is 6.54. The van der Waals surface area contributed by atoms with E-state index in [2.05, 4.69) is 4.98 Å². The molecule has 28 heavy (non-hydrogen) atoms. The maximum absolute atomic E-state index is 12.8. The summed E-state index contributed by atoms with van der Waals surface area (Å²) in [6.07, 6.45) is 4.12. The zero-order valence-corrected chi connectivity index (χ0v) is 17.5. The first-order valence-corrected chi connectivity index (χ1v) is 10.7. The molecule has 1 aliphatic rings. The number of nitrogens with zero attached hydrogens (tertiary/aromatic N) is 2. The fraction of sp³-hybridized carbons (Fsp3) is 0.0500. The van der Waals surface area contributed by atoms with Gasteiger partial charge in [-0.2, -0.15) is 0 Å². The van der Waals surface area contributed by atoms with Gasteiger partial charge in [-0.25, -0.2) is 9.88 Å². The fourth-order valence-corrected chi connectivity index (χ4v) is 4.85. The molecule has 3 aromatic rings. The molecule has 0 radical (unpaired) electrons. The van der Waals surface area contributed by atoms with Crippen molar-refractivity contribution < 1.29 is 4.79 Å². The van der Waals surface area contributed by atoms with Crippen LogP contribution >= 0.6 is 46.3 Å². The van der Waals surface area contributed by atoms with E-state index in [0.717, 1.165) is 27.8 Å². The molecule has 0 bridgehead atoms. The quantitative estimate of drug-likeness (QED) is 0.493. The van der Waals surface area contributed by atoms with Gasteiger partial charge in [0.25, 0.3) is 5.91 Å². The molecule has 1 amide bonds. The molecule has 2 aromatic carbocycles.